The fourth-order valence-corrected chi connectivity index (χ4v) is 5.56. The van der Waals surface area contributed by atoms with Crippen molar-refractivity contribution < 1.29 is 33.2 Å². The van der Waals surface area contributed by atoms with Crippen LogP contribution in [-0.2, 0) is 23.7 Å². The Bertz CT molecular complexity index is 1000. The molecule has 7 heteroatoms. The highest BCUT2D eigenvalue weighted by Crippen LogP contribution is 2.59. The normalized spacial score (nSPS) is 33.0. The van der Waals surface area contributed by atoms with Gasteiger partial charge in [0.25, 0.3) is 0 Å². The molecule has 2 aliphatic heterocycles. The Hall–Kier alpha value is -2.35. The van der Waals surface area contributed by atoms with Crippen molar-refractivity contribution in [3.63, 3.8) is 0 Å². The Balaban J connectivity index is 1.43. The van der Waals surface area contributed by atoms with Gasteiger partial charge in [-0.15, -0.1) is 0 Å². The van der Waals surface area contributed by atoms with E-state index in [9.17, 15) is 4.79 Å². The van der Waals surface area contributed by atoms with E-state index in [0.29, 0.717) is 24.5 Å². The summed E-state index contributed by atoms with van der Waals surface area (Å²) >= 11 is 0. The van der Waals surface area contributed by atoms with Crippen LogP contribution >= 0.6 is 0 Å². The van der Waals surface area contributed by atoms with Crippen LogP contribution in [0.15, 0.2) is 35.9 Å². The zero-order valence-electron chi connectivity index (χ0n) is 22.5. The molecule has 3 aliphatic rings. The molecule has 1 aromatic carbocycles. The minimum absolute atomic E-state index is 0.00106. The van der Waals surface area contributed by atoms with Crippen molar-refractivity contribution in [2.24, 2.45) is 5.92 Å². The van der Waals surface area contributed by atoms with Crippen molar-refractivity contribution in [3.8, 4) is 11.5 Å². The van der Waals surface area contributed by atoms with Gasteiger partial charge < -0.3 is 28.4 Å². The molecule has 1 aliphatic carbocycles. The Morgan fingerprint density at radius 1 is 1.22 bits per heavy atom. The number of carbonyl (C=O) groups excluding carboxylic acids is 1. The molecule has 2 heterocycles. The fraction of sp³-hybridized carbons (Fsp3) is 0.621. The molecule has 4 rings (SSSR count). The number of ether oxygens (including phenoxy) is 6. The average Bonchev–Trinajstić information content (AvgIpc) is 3.74. The van der Waals surface area contributed by atoms with Crippen LogP contribution in [-0.4, -0.2) is 62.4 Å². The topological polar surface area (TPSA) is 79.1 Å². The highest BCUT2D eigenvalue weighted by Gasteiger charge is 2.72. The predicted octanol–water partition coefficient (Wildman–Crippen LogP) is 5.12. The molecule has 0 radical (unpaired) electrons. The second kappa shape index (κ2) is 10.6. The maximum absolute atomic E-state index is 12.8. The molecule has 6 atom stereocenters. The number of allylic oxidation sites excluding steroid dienone is 1. The summed E-state index contributed by atoms with van der Waals surface area (Å²) in [5.41, 5.74) is 1.48. The number of hydrogen-bond donors (Lipinski definition) is 0. The van der Waals surface area contributed by atoms with E-state index in [1.54, 1.807) is 20.3 Å². The lowest BCUT2D eigenvalue weighted by Gasteiger charge is -2.42. The van der Waals surface area contributed by atoms with E-state index in [-0.39, 0.29) is 41.5 Å². The fourth-order valence-electron chi connectivity index (χ4n) is 5.56. The lowest BCUT2D eigenvalue weighted by atomic mass is 9.68. The zero-order valence-corrected chi connectivity index (χ0v) is 22.5. The maximum atomic E-state index is 12.8. The van der Waals surface area contributed by atoms with E-state index in [1.165, 1.54) is 11.6 Å². The Kier molecular flexibility index (Phi) is 7.83. The summed E-state index contributed by atoms with van der Waals surface area (Å²) < 4.78 is 35.3. The van der Waals surface area contributed by atoms with E-state index in [2.05, 4.69) is 26.8 Å². The van der Waals surface area contributed by atoms with Crippen LogP contribution in [0.3, 0.4) is 0 Å². The molecule has 0 amide bonds. The monoisotopic (exact) mass is 500 g/mol. The van der Waals surface area contributed by atoms with Gasteiger partial charge in [-0.25, -0.2) is 4.79 Å². The third kappa shape index (κ3) is 5.63. The van der Waals surface area contributed by atoms with Gasteiger partial charge in [-0.3, -0.25) is 0 Å². The first-order valence-electron chi connectivity index (χ1n) is 12.8. The predicted molar refractivity (Wildman–Crippen MR) is 137 cm³/mol. The Morgan fingerprint density at radius 2 is 1.97 bits per heavy atom. The second-order valence-corrected chi connectivity index (χ2v) is 10.8. The number of rotatable bonds is 10. The van der Waals surface area contributed by atoms with Crippen LogP contribution in [0.1, 0.15) is 59.4 Å². The third-order valence-corrected chi connectivity index (χ3v) is 7.47. The summed E-state index contributed by atoms with van der Waals surface area (Å²) in [4.78, 5) is 12.8. The van der Waals surface area contributed by atoms with Gasteiger partial charge >= 0.3 is 5.97 Å². The third-order valence-electron chi connectivity index (χ3n) is 7.47. The molecular formula is C29H40O7. The molecule has 3 fully saturated rings. The molecule has 0 aromatic heterocycles. The van der Waals surface area contributed by atoms with E-state index in [0.717, 1.165) is 18.4 Å². The molecule has 2 saturated heterocycles. The molecule has 0 N–H and O–H groups in total. The van der Waals surface area contributed by atoms with Crippen LogP contribution in [0.5, 0.6) is 11.5 Å². The quantitative estimate of drug-likeness (QED) is 0.191. The molecule has 1 spiro atoms. The van der Waals surface area contributed by atoms with Crippen molar-refractivity contribution in [1.29, 1.82) is 0 Å². The van der Waals surface area contributed by atoms with E-state index >= 15 is 0 Å². The molecule has 36 heavy (non-hydrogen) atoms. The summed E-state index contributed by atoms with van der Waals surface area (Å²) in [6.07, 6.45) is 7.24. The van der Waals surface area contributed by atoms with E-state index in [4.69, 9.17) is 28.4 Å². The van der Waals surface area contributed by atoms with Crippen molar-refractivity contribution in [1.82, 2.24) is 0 Å². The van der Waals surface area contributed by atoms with Crippen LogP contribution in [0.4, 0.5) is 0 Å². The molecule has 1 aromatic rings. The van der Waals surface area contributed by atoms with Gasteiger partial charge in [0.05, 0.1) is 31.8 Å². The van der Waals surface area contributed by atoms with Gasteiger partial charge in [0, 0.05) is 13.2 Å². The number of benzene rings is 1. The van der Waals surface area contributed by atoms with Gasteiger partial charge in [0.2, 0.25) is 0 Å². The summed E-state index contributed by atoms with van der Waals surface area (Å²) in [6, 6.07) is 5.56. The lowest BCUT2D eigenvalue weighted by molar-refractivity contribution is -0.166. The minimum atomic E-state index is -0.405. The first kappa shape index (κ1) is 26.7. The van der Waals surface area contributed by atoms with Gasteiger partial charge in [-0.05, 0) is 77.7 Å². The van der Waals surface area contributed by atoms with E-state index in [1.807, 2.05) is 32.0 Å². The van der Waals surface area contributed by atoms with Crippen LogP contribution in [0.2, 0.25) is 0 Å². The van der Waals surface area contributed by atoms with E-state index < -0.39 is 5.97 Å². The zero-order chi connectivity index (χ0) is 26.1. The number of epoxide rings is 2. The standard InChI is InChI=1S/C29H40O7/c1-18(2)8-12-24-28(5,36-24)27-26(32-7)22(14-15-29(27)17-33-29)35-25(30)13-10-20-9-11-21(34-19(3)4)23(16-20)31-6/h8-11,13,16,19,22,24,26-27H,12,14-15,17H2,1-7H3/b13-10+/t22-,24?,26-,27?,28-,29+/m1/s1. The Morgan fingerprint density at radius 3 is 2.58 bits per heavy atom. The van der Waals surface area contributed by atoms with Gasteiger partial charge in [-0.2, -0.15) is 0 Å². The molecule has 2 unspecified atom stereocenters. The van der Waals surface area contributed by atoms with Gasteiger partial charge in [0.1, 0.15) is 23.4 Å². The SMILES string of the molecule is COc1cc(/C=C/C(=O)O[C@@H]2CC[C@]3(CO3)C([C@]3(C)OC3CC=C(C)C)[C@@H]2OC)ccc1OC(C)C. The molecular weight excluding hydrogens is 460 g/mol. The molecule has 7 nitrogen and oxygen atoms in total. The second-order valence-electron chi connectivity index (χ2n) is 10.8. The minimum Gasteiger partial charge on any atom is -0.493 e. The number of hydrogen-bond acceptors (Lipinski definition) is 7. The highest BCUT2D eigenvalue weighted by atomic mass is 16.6. The largest absolute Gasteiger partial charge is 0.493 e. The summed E-state index contributed by atoms with van der Waals surface area (Å²) in [5.74, 6) is 0.874. The lowest BCUT2D eigenvalue weighted by Crippen LogP contribution is -2.55. The number of methoxy groups -OCH3 is 2. The summed E-state index contributed by atoms with van der Waals surface area (Å²) in [5, 5.41) is 0. The van der Waals surface area contributed by atoms with Crippen LogP contribution in [0.25, 0.3) is 6.08 Å². The first-order valence-corrected chi connectivity index (χ1v) is 12.8. The van der Waals surface area contributed by atoms with Crippen molar-refractivity contribution >= 4 is 12.0 Å². The summed E-state index contributed by atoms with van der Waals surface area (Å²) in [6.45, 7) is 10.9. The average molecular weight is 501 g/mol. The maximum Gasteiger partial charge on any atom is 0.331 e. The van der Waals surface area contributed by atoms with Crippen molar-refractivity contribution in [2.75, 3.05) is 20.8 Å². The number of esters is 1. The molecule has 1 saturated carbocycles. The molecule has 0 bridgehead atoms. The highest BCUT2D eigenvalue weighted by molar-refractivity contribution is 5.87. The number of carbonyl (C=O) groups is 1. The first-order chi connectivity index (χ1) is 17.1. The van der Waals surface area contributed by atoms with Gasteiger partial charge in [-0.1, -0.05) is 17.7 Å². The van der Waals surface area contributed by atoms with Gasteiger partial charge in [0.15, 0.2) is 11.5 Å². The molecule has 198 valence electrons. The Labute approximate surface area is 214 Å². The summed E-state index contributed by atoms with van der Waals surface area (Å²) in [7, 11) is 3.28. The van der Waals surface area contributed by atoms with Crippen LogP contribution < -0.4 is 9.47 Å². The smallest absolute Gasteiger partial charge is 0.331 e. The van der Waals surface area contributed by atoms with Crippen molar-refractivity contribution in [2.45, 2.75) is 89.5 Å². The van der Waals surface area contributed by atoms with Crippen molar-refractivity contribution in [3.05, 3.63) is 41.5 Å². The van der Waals surface area contributed by atoms with Crippen LogP contribution in [0, 0.1) is 5.92 Å².